The number of nitrogen functional groups attached to an aromatic ring is 1. The summed E-state index contributed by atoms with van der Waals surface area (Å²) in [5, 5.41) is 10.1. The van der Waals surface area contributed by atoms with Gasteiger partial charge in [-0.3, -0.25) is 0 Å². The Bertz CT molecular complexity index is 705. The van der Waals surface area contributed by atoms with Gasteiger partial charge in [-0.1, -0.05) is 11.6 Å². The van der Waals surface area contributed by atoms with Crippen LogP contribution in [0.2, 0.25) is 5.02 Å². The van der Waals surface area contributed by atoms with Crippen LogP contribution in [0, 0.1) is 11.6 Å². The van der Waals surface area contributed by atoms with E-state index in [0.29, 0.717) is 5.82 Å². The Kier molecular flexibility index (Phi) is 3.84. The number of aliphatic hydroxyl groups excluding tert-OH is 1. The lowest BCUT2D eigenvalue weighted by Crippen LogP contribution is -2.26. The zero-order valence-electron chi connectivity index (χ0n) is 11.4. The van der Waals surface area contributed by atoms with Crippen molar-refractivity contribution in [2.45, 2.75) is 18.6 Å². The van der Waals surface area contributed by atoms with Crippen molar-refractivity contribution in [3.63, 3.8) is 0 Å². The molecule has 3 N–H and O–H groups in total. The molecule has 1 aliphatic rings. The molecule has 1 saturated heterocycles. The van der Waals surface area contributed by atoms with Crippen LogP contribution in [0.15, 0.2) is 24.5 Å². The van der Waals surface area contributed by atoms with E-state index in [2.05, 4.69) is 9.97 Å². The Labute approximate surface area is 130 Å². The molecule has 0 spiro atoms. The van der Waals surface area contributed by atoms with E-state index in [-0.39, 0.29) is 29.4 Å². The van der Waals surface area contributed by atoms with Crippen molar-refractivity contribution in [2.24, 2.45) is 0 Å². The third-order valence-corrected chi connectivity index (χ3v) is 4.03. The quantitative estimate of drug-likeness (QED) is 0.885. The molecule has 5 nitrogen and oxygen atoms in total. The average molecular weight is 327 g/mol. The number of rotatable bonds is 2. The average Bonchev–Trinajstić information content (AvgIpc) is 2.86. The van der Waals surface area contributed by atoms with Crippen LogP contribution in [-0.2, 0) is 0 Å². The standard InChI is InChI=1S/C14H13ClF2N4O/c15-12-13(18)19-6-20-14(12)21-5-8(22)4-11(21)9-3-7(16)1-2-10(9)17/h1-3,6,8,11,22H,4-5H2,(H2,18,19,20). The van der Waals surface area contributed by atoms with E-state index in [1.807, 2.05) is 0 Å². The Morgan fingerprint density at radius 1 is 1.32 bits per heavy atom. The van der Waals surface area contributed by atoms with E-state index < -0.39 is 23.8 Å². The van der Waals surface area contributed by atoms with Gasteiger partial charge in [0, 0.05) is 12.1 Å². The Balaban J connectivity index is 2.06. The van der Waals surface area contributed by atoms with Gasteiger partial charge in [0.15, 0.2) is 5.82 Å². The van der Waals surface area contributed by atoms with E-state index in [1.165, 1.54) is 6.33 Å². The van der Waals surface area contributed by atoms with Crippen LogP contribution in [0.25, 0.3) is 0 Å². The second-order valence-corrected chi connectivity index (χ2v) is 5.50. The fourth-order valence-electron chi connectivity index (χ4n) is 2.69. The van der Waals surface area contributed by atoms with Crippen LogP contribution in [-0.4, -0.2) is 27.7 Å². The molecule has 1 aliphatic heterocycles. The molecule has 0 radical (unpaired) electrons. The highest BCUT2D eigenvalue weighted by Gasteiger charge is 2.36. The molecule has 1 fully saturated rings. The van der Waals surface area contributed by atoms with Crippen LogP contribution >= 0.6 is 11.6 Å². The van der Waals surface area contributed by atoms with Gasteiger partial charge in [0.25, 0.3) is 0 Å². The van der Waals surface area contributed by atoms with Crippen molar-refractivity contribution >= 4 is 23.2 Å². The van der Waals surface area contributed by atoms with Gasteiger partial charge in [-0.25, -0.2) is 18.7 Å². The number of aliphatic hydroxyl groups is 1. The number of halogens is 3. The van der Waals surface area contributed by atoms with Gasteiger partial charge in [0.1, 0.15) is 28.8 Å². The topological polar surface area (TPSA) is 75.3 Å². The second-order valence-electron chi connectivity index (χ2n) is 5.12. The molecule has 0 bridgehead atoms. The van der Waals surface area contributed by atoms with Crippen molar-refractivity contribution in [2.75, 3.05) is 17.2 Å². The fourth-order valence-corrected chi connectivity index (χ4v) is 2.89. The van der Waals surface area contributed by atoms with Crippen molar-refractivity contribution in [1.29, 1.82) is 0 Å². The zero-order chi connectivity index (χ0) is 15.9. The maximum atomic E-state index is 14.1. The number of aromatic nitrogens is 2. The predicted octanol–water partition coefficient (Wildman–Crippen LogP) is 2.30. The van der Waals surface area contributed by atoms with Crippen molar-refractivity contribution in [1.82, 2.24) is 9.97 Å². The Morgan fingerprint density at radius 3 is 2.86 bits per heavy atom. The number of hydrogen-bond donors (Lipinski definition) is 2. The van der Waals surface area contributed by atoms with Gasteiger partial charge in [0.05, 0.1) is 12.1 Å². The second kappa shape index (κ2) is 5.66. The summed E-state index contributed by atoms with van der Waals surface area (Å²) in [5.74, 6) is -0.722. The SMILES string of the molecule is Nc1ncnc(N2CC(O)CC2c2cc(F)ccc2F)c1Cl. The highest BCUT2D eigenvalue weighted by Crippen LogP contribution is 2.40. The summed E-state index contributed by atoms with van der Waals surface area (Å²) >= 11 is 6.10. The molecule has 2 heterocycles. The van der Waals surface area contributed by atoms with E-state index in [4.69, 9.17) is 17.3 Å². The summed E-state index contributed by atoms with van der Waals surface area (Å²) in [6.45, 7) is 0.191. The van der Waals surface area contributed by atoms with Gasteiger partial charge in [-0.2, -0.15) is 0 Å². The van der Waals surface area contributed by atoms with E-state index in [9.17, 15) is 13.9 Å². The van der Waals surface area contributed by atoms with E-state index in [0.717, 1.165) is 18.2 Å². The number of nitrogens with two attached hydrogens (primary N) is 1. The number of anilines is 2. The minimum Gasteiger partial charge on any atom is -0.391 e. The summed E-state index contributed by atoms with van der Waals surface area (Å²) < 4.78 is 27.5. The first kappa shape index (κ1) is 14.9. The van der Waals surface area contributed by atoms with E-state index >= 15 is 0 Å². The zero-order valence-corrected chi connectivity index (χ0v) is 12.1. The van der Waals surface area contributed by atoms with Gasteiger partial charge >= 0.3 is 0 Å². The minimum atomic E-state index is -0.708. The molecule has 116 valence electrons. The van der Waals surface area contributed by atoms with Crippen molar-refractivity contribution in [3.05, 3.63) is 46.7 Å². The van der Waals surface area contributed by atoms with Crippen molar-refractivity contribution < 1.29 is 13.9 Å². The monoisotopic (exact) mass is 326 g/mol. The van der Waals surface area contributed by atoms with Gasteiger partial charge < -0.3 is 15.7 Å². The lowest BCUT2D eigenvalue weighted by molar-refractivity contribution is 0.194. The first-order valence-corrected chi connectivity index (χ1v) is 7.00. The van der Waals surface area contributed by atoms with Gasteiger partial charge in [-0.05, 0) is 24.6 Å². The lowest BCUT2D eigenvalue weighted by atomic mass is 10.0. The van der Waals surface area contributed by atoms with Crippen LogP contribution in [0.5, 0.6) is 0 Å². The molecule has 0 saturated carbocycles. The van der Waals surface area contributed by atoms with E-state index in [1.54, 1.807) is 4.90 Å². The van der Waals surface area contributed by atoms with Crippen molar-refractivity contribution in [3.8, 4) is 0 Å². The van der Waals surface area contributed by atoms with Crippen LogP contribution in [0.3, 0.4) is 0 Å². The molecule has 2 aromatic rings. The van der Waals surface area contributed by atoms with Gasteiger partial charge in [-0.15, -0.1) is 0 Å². The summed E-state index contributed by atoms with van der Waals surface area (Å²) in [6.07, 6.45) is 0.765. The maximum absolute atomic E-state index is 14.1. The molecule has 1 aromatic carbocycles. The Hall–Kier alpha value is -1.99. The number of β-amino-alcohol motifs (C(OH)–C–C–N with tert-alkyl or cyclic N) is 1. The number of nitrogens with zero attached hydrogens (tertiary/aromatic N) is 3. The minimum absolute atomic E-state index is 0.0894. The van der Waals surface area contributed by atoms with Crippen LogP contribution in [0.1, 0.15) is 18.0 Å². The molecule has 1 aromatic heterocycles. The molecule has 3 rings (SSSR count). The Morgan fingerprint density at radius 2 is 2.09 bits per heavy atom. The number of hydrogen-bond acceptors (Lipinski definition) is 5. The van der Waals surface area contributed by atoms with Crippen LogP contribution in [0.4, 0.5) is 20.4 Å². The highest BCUT2D eigenvalue weighted by atomic mass is 35.5. The molecule has 2 unspecified atom stereocenters. The fraction of sp³-hybridized carbons (Fsp3) is 0.286. The molecular formula is C14H13ClF2N4O. The normalized spacial score (nSPS) is 21.4. The third kappa shape index (κ3) is 2.57. The molecule has 0 aliphatic carbocycles. The number of benzene rings is 1. The largest absolute Gasteiger partial charge is 0.391 e. The molecule has 22 heavy (non-hydrogen) atoms. The maximum Gasteiger partial charge on any atom is 0.153 e. The lowest BCUT2D eigenvalue weighted by Gasteiger charge is -2.26. The van der Waals surface area contributed by atoms with Gasteiger partial charge in [0.2, 0.25) is 0 Å². The first-order chi connectivity index (χ1) is 10.5. The summed E-state index contributed by atoms with van der Waals surface area (Å²) in [7, 11) is 0. The summed E-state index contributed by atoms with van der Waals surface area (Å²) in [4.78, 5) is 9.44. The summed E-state index contributed by atoms with van der Waals surface area (Å²) in [6, 6.07) is 2.63. The highest BCUT2D eigenvalue weighted by molar-refractivity contribution is 6.35. The summed E-state index contributed by atoms with van der Waals surface area (Å²) in [5.41, 5.74) is 5.80. The molecule has 8 heteroatoms. The molecular weight excluding hydrogens is 314 g/mol. The first-order valence-electron chi connectivity index (χ1n) is 6.63. The van der Waals surface area contributed by atoms with Crippen LogP contribution < -0.4 is 10.6 Å². The smallest absolute Gasteiger partial charge is 0.153 e. The third-order valence-electron chi connectivity index (χ3n) is 3.67. The molecule has 2 atom stereocenters. The molecule has 0 amide bonds. The predicted molar refractivity (Wildman–Crippen MR) is 78.5 cm³/mol.